The number of halogens is 3. The van der Waals surface area contributed by atoms with Crippen LogP contribution in [-0.4, -0.2) is 23.1 Å². The lowest BCUT2D eigenvalue weighted by Crippen LogP contribution is -2.31. The van der Waals surface area contributed by atoms with E-state index in [0.717, 1.165) is 0 Å². The second-order valence-corrected chi connectivity index (χ2v) is 3.34. The molecule has 0 bridgehead atoms. The van der Waals surface area contributed by atoms with Crippen LogP contribution >= 0.6 is 0 Å². The highest BCUT2D eigenvalue weighted by molar-refractivity contribution is 5.29. The van der Waals surface area contributed by atoms with Gasteiger partial charge in [0.15, 0.2) is 5.75 Å². The first-order valence-corrected chi connectivity index (χ1v) is 4.83. The van der Waals surface area contributed by atoms with Crippen LogP contribution in [0.2, 0.25) is 0 Å². The molecule has 1 rings (SSSR count). The van der Waals surface area contributed by atoms with Crippen molar-refractivity contribution in [3.8, 4) is 5.75 Å². The zero-order valence-electron chi connectivity index (χ0n) is 9.08. The van der Waals surface area contributed by atoms with Crippen molar-refractivity contribution >= 4 is 0 Å². The molecule has 1 unspecified atom stereocenters. The van der Waals surface area contributed by atoms with Crippen LogP contribution in [-0.2, 0) is 6.54 Å². The molecule has 2 N–H and O–H groups in total. The van der Waals surface area contributed by atoms with E-state index in [4.69, 9.17) is 10.5 Å². The molecular weight excluding hydrogens is 223 g/mol. The Labute approximate surface area is 91.2 Å². The van der Waals surface area contributed by atoms with Gasteiger partial charge in [-0.2, -0.15) is 18.3 Å². The SMILES string of the molecule is CCCn1ncc(OC)c1C(N)C(F)(F)F. The van der Waals surface area contributed by atoms with E-state index in [1.165, 1.54) is 18.0 Å². The van der Waals surface area contributed by atoms with E-state index in [0.29, 0.717) is 13.0 Å². The van der Waals surface area contributed by atoms with E-state index in [1.807, 2.05) is 6.92 Å². The third kappa shape index (κ3) is 2.46. The molecule has 1 atom stereocenters. The molecule has 0 saturated carbocycles. The van der Waals surface area contributed by atoms with Gasteiger partial charge in [0.05, 0.1) is 13.3 Å². The molecule has 1 aromatic heterocycles. The summed E-state index contributed by atoms with van der Waals surface area (Å²) in [4.78, 5) is 0. The first-order chi connectivity index (χ1) is 7.41. The number of aromatic nitrogens is 2. The number of hydrogen-bond acceptors (Lipinski definition) is 3. The average molecular weight is 237 g/mol. The second kappa shape index (κ2) is 4.73. The van der Waals surface area contributed by atoms with Crippen molar-refractivity contribution in [1.82, 2.24) is 9.78 Å². The largest absolute Gasteiger partial charge is 0.493 e. The van der Waals surface area contributed by atoms with Crippen molar-refractivity contribution < 1.29 is 17.9 Å². The maximum absolute atomic E-state index is 12.5. The maximum Gasteiger partial charge on any atom is 0.409 e. The van der Waals surface area contributed by atoms with Gasteiger partial charge in [0, 0.05) is 6.54 Å². The maximum atomic E-state index is 12.5. The van der Waals surface area contributed by atoms with Gasteiger partial charge in [0.2, 0.25) is 0 Å². The molecule has 0 amide bonds. The minimum absolute atomic E-state index is 0.0678. The van der Waals surface area contributed by atoms with Crippen molar-refractivity contribution in [2.45, 2.75) is 32.1 Å². The fraction of sp³-hybridized carbons (Fsp3) is 0.667. The summed E-state index contributed by atoms with van der Waals surface area (Å²) in [5.41, 5.74) is 5.03. The van der Waals surface area contributed by atoms with Gasteiger partial charge in [-0.3, -0.25) is 4.68 Å². The molecule has 0 fully saturated rings. The Hall–Kier alpha value is -1.24. The van der Waals surface area contributed by atoms with Gasteiger partial charge in [0.1, 0.15) is 11.7 Å². The van der Waals surface area contributed by atoms with Gasteiger partial charge in [-0.1, -0.05) is 6.92 Å². The first-order valence-electron chi connectivity index (χ1n) is 4.83. The number of methoxy groups -OCH3 is 1. The summed E-state index contributed by atoms with van der Waals surface area (Å²) >= 11 is 0. The number of nitrogens with zero attached hydrogens (tertiary/aromatic N) is 2. The van der Waals surface area contributed by atoms with E-state index < -0.39 is 12.2 Å². The Morgan fingerprint density at radius 3 is 2.62 bits per heavy atom. The number of hydrogen-bond donors (Lipinski definition) is 1. The Morgan fingerprint density at radius 2 is 2.19 bits per heavy atom. The lowest BCUT2D eigenvalue weighted by atomic mass is 10.2. The van der Waals surface area contributed by atoms with Gasteiger partial charge >= 0.3 is 6.18 Å². The molecule has 0 aromatic carbocycles. The summed E-state index contributed by atoms with van der Waals surface area (Å²) in [6.45, 7) is 2.22. The number of nitrogens with two attached hydrogens (primary N) is 1. The number of alkyl halides is 3. The Bertz CT molecular complexity index is 348. The van der Waals surface area contributed by atoms with Gasteiger partial charge in [-0.15, -0.1) is 0 Å². The highest BCUT2D eigenvalue weighted by Crippen LogP contribution is 2.35. The summed E-state index contributed by atoms with van der Waals surface area (Å²) in [7, 11) is 1.29. The Morgan fingerprint density at radius 1 is 1.56 bits per heavy atom. The second-order valence-electron chi connectivity index (χ2n) is 3.34. The van der Waals surface area contributed by atoms with Crippen molar-refractivity contribution in [3.05, 3.63) is 11.9 Å². The van der Waals surface area contributed by atoms with E-state index in [-0.39, 0.29) is 11.4 Å². The topological polar surface area (TPSA) is 53.1 Å². The van der Waals surface area contributed by atoms with Crippen molar-refractivity contribution in [2.75, 3.05) is 7.11 Å². The zero-order valence-corrected chi connectivity index (χ0v) is 9.08. The number of ether oxygens (including phenoxy) is 1. The number of rotatable bonds is 4. The molecule has 0 radical (unpaired) electrons. The van der Waals surface area contributed by atoms with Crippen LogP contribution in [0.5, 0.6) is 5.75 Å². The van der Waals surface area contributed by atoms with Crippen molar-refractivity contribution in [2.24, 2.45) is 5.73 Å². The highest BCUT2D eigenvalue weighted by Gasteiger charge is 2.41. The van der Waals surface area contributed by atoms with Crippen LogP contribution in [0.15, 0.2) is 6.20 Å². The van der Waals surface area contributed by atoms with Gasteiger partial charge in [-0.05, 0) is 6.42 Å². The molecule has 7 heteroatoms. The summed E-state index contributed by atoms with van der Waals surface area (Å²) < 4.78 is 43.6. The standard InChI is InChI=1S/C9H14F3N3O/c1-3-4-15-7(6(16-2)5-14-15)8(13)9(10,11)12/h5,8H,3-4,13H2,1-2H3. The third-order valence-corrected chi connectivity index (χ3v) is 2.15. The normalized spacial score (nSPS) is 13.9. The predicted molar refractivity (Wildman–Crippen MR) is 52.1 cm³/mol. The fourth-order valence-electron chi connectivity index (χ4n) is 1.39. The quantitative estimate of drug-likeness (QED) is 0.869. The van der Waals surface area contributed by atoms with Gasteiger partial charge in [0.25, 0.3) is 0 Å². The molecule has 16 heavy (non-hydrogen) atoms. The third-order valence-electron chi connectivity index (χ3n) is 2.15. The summed E-state index contributed by atoms with van der Waals surface area (Å²) in [5.74, 6) is 0.0678. The fourth-order valence-corrected chi connectivity index (χ4v) is 1.39. The average Bonchev–Trinajstić information content (AvgIpc) is 2.58. The van der Waals surface area contributed by atoms with Crippen molar-refractivity contribution in [3.63, 3.8) is 0 Å². The molecule has 0 aliphatic carbocycles. The van der Waals surface area contributed by atoms with E-state index in [2.05, 4.69) is 5.10 Å². The van der Waals surface area contributed by atoms with Crippen LogP contribution < -0.4 is 10.5 Å². The van der Waals surface area contributed by atoms with Crippen molar-refractivity contribution in [1.29, 1.82) is 0 Å². The predicted octanol–water partition coefficient (Wildman–Crippen LogP) is 1.86. The van der Waals surface area contributed by atoms with Crippen LogP contribution in [0.4, 0.5) is 13.2 Å². The van der Waals surface area contributed by atoms with E-state index in [1.54, 1.807) is 0 Å². The molecule has 0 saturated heterocycles. The number of aryl methyl sites for hydroxylation is 1. The summed E-state index contributed by atoms with van der Waals surface area (Å²) in [6, 6.07) is -2.07. The van der Waals surface area contributed by atoms with Crippen LogP contribution in [0.3, 0.4) is 0 Å². The Balaban J connectivity index is 3.12. The highest BCUT2D eigenvalue weighted by atomic mass is 19.4. The lowest BCUT2D eigenvalue weighted by molar-refractivity contribution is -0.151. The van der Waals surface area contributed by atoms with Crippen LogP contribution in [0.25, 0.3) is 0 Å². The minimum atomic E-state index is -4.50. The molecule has 1 aromatic rings. The molecule has 0 aliphatic rings. The molecule has 0 spiro atoms. The van der Waals surface area contributed by atoms with Gasteiger partial charge < -0.3 is 10.5 Å². The van der Waals surface area contributed by atoms with Crippen LogP contribution in [0.1, 0.15) is 25.1 Å². The molecule has 4 nitrogen and oxygen atoms in total. The van der Waals surface area contributed by atoms with E-state index >= 15 is 0 Å². The Kier molecular flexibility index (Phi) is 3.79. The monoisotopic (exact) mass is 237 g/mol. The summed E-state index contributed by atoms with van der Waals surface area (Å²) in [5, 5.41) is 3.82. The minimum Gasteiger partial charge on any atom is -0.493 e. The van der Waals surface area contributed by atoms with Crippen LogP contribution in [0, 0.1) is 0 Å². The van der Waals surface area contributed by atoms with Gasteiger partial charge in [-0.25, -0.2) is 0 Å². The first kappa shape index (κ1) is 12.8. The summed E-state index contributed by atoms with van der Waals surface area (Å²) in [6.07, 6.45) is -2.59. The molecule has 0 aliphatic heterocycles. The molecule has 1 heterocycles. The molecular formula is C9H14F3N3O. The lowest BCUT2D eigenvalue weighted by Gasteiger charge is -2.18. The zero-order chi connectivity index (χ0) is 12.3. The molecule has 92 valence electrons. The smallest absolute Gasteiger partial charge is 0.409 e. The van der Waals surface area contributed by atoms with E-state index in [9.17, 15) is 13.2 Å².